The summed E-state index contributed by atoms with van der Waals surface area (Å²) in [6.07, 6.45) is -0.577. The van der Waals surface area contributed by atoms with E-state index < -0.39 is 32.6 Å². The maximum atomic E-state index is 13.0. The van der Waals surface area contributed by atoms with Gasteiger partial charge in [-0.25, -0.2) is 17.6 Å². The number of rotatable bonds is 2. The number of ether oxygens (including phenoxy) is 2. The highest BCUT2D eigenvalue weighted by Crippen LogP contribution is 2.20. The lowest BCUT2D eigenvalue weighted by molar-refractivity contribution is 0.0244. The van der Waals surface area contributed by atoms with E-state index >= 15 is 0 Å². The van der Waals surface area contributed by atoms with Crippen LogP contribution in [-0.2, 0) is 19.3 Å². The molecule has 1 aromatic carbocycles. The second kappa shape index (κ2) is 7.06. The van der Waals surface area contributed by atoms with Gasteiger partial charge in [0.15, 0.2) is 9.84 Å². The summed E-state index contributed by atoms with van der Waals surface area (Å²) in [4.78, 5) is 13.6. The van der Waals surface area contributed by atoms with Crippen LogP contribution in [0.2, 0.25) is 0 Å². The summed E-state index contributed by atoms with van der Waals surface area (Å²) in [6.45, 7) is 5.65. The van der Waals surface area contributed by atoms with Gasteiger partial charge in [0.25, 0.3) is 0 Å². The quantitative estimate of drug-likeness (QED) is 0.757. The second-order valence-electron chi connectivity index (χ2n) is 6.62. The van der Waals surface area contributed by atoms with Crippen molar-refractivity contribution in [2.45, 2.75) is 36.5 Å². The van der Waals surface area contributed by atoms with Crippen LogP contribution in [0.3, 0.4) is 0 Å². The molecule has 1 heterocycles. The summed E-state index contributed by atoms with van der Waals surface area (Å²) in [5.74, 6) is -0.513. The number of carbonyl (C=O) groups is 1. The largest absolute Gasteiger partial charge is 0.444 e. The highest BCUT2D eigenvalue weighted by molar-refractivity contribution is 7.92. The van der Waals surface area contributed by atoms with E-state index in [0.29, 0.717) is 0 Å². The van der Waals surface area contributed by atoms with E-state index in [0.717, 1.165) is 12.1 Å². The summed E-state index contributed by atoms with van der Waals surface area (Å²) in [7, 11) is -3.75. The molecule has 1 atom stereocenters. The van der Waals surface area contributed by atoms with E-state index in [1.807, 2.05) is 0 Å². The lowest BCUT2D eigenvalue weighted by Gasteiger charge is -2.27. The number of hydrogen-bond donors (Lipinski definition) is 0. The van der Waals surface area contributed by atoms with Gasteiger partial charge in [0.1, 0.15) is 16.7 Å². The molecule has 0 aliphatic carbocycles. The first-order chi connectivity index (χ1) is 11.1. The summed E-state index contributed by atoms with van der Waals surface area (Å²) in [5.41, 5.74) is -0.671. The molecular formula is C16H22FNO5S. The molecule has 0 bridgehead atoms. The maximum Gasteiger partial charge on any atom is 0.410 e. The van der Waals surface area contributed by atoms with Gasteiger partial charge in [-0.15, -0.1) is 0 Å². The molecular weight excluding hydrogens is 337 g/mol. The van der Waals surface area contributed by atoms with E-state index in [9.17, 15) is 17.6 Å². The Kier molecular flexibility index (Phi) is 5.49. The van der Waals surface area contributed by atoms with Gasteiger partial charge >= 0.3 is 6.09 Å². The number of sulfone groups is 1. The predicted octanol–water partition coefficient (Wildman–Crippen LogP) is 2.24. The second-order valence-corrected chi connectivity index (χ2v) is 8.85. The van der Waals surface area contributed by atoms with Crippen LogP contribution in [0.4, 0.5) is 9.18 Å². The molecule has 1 saturated heterocycles. The summed E-state index contributed by atoms with van der Waals surface area (Å²) in [5, 5.41) is -0.932. The SMILES string of the molecule is CC(C)(C)OC(=O)N1CCOC[C@H](S(=O)(=O)c2ccc(F)cc2)C1. The Hall–Kier alpha value is -1.67. The van der Waals surface area contributed by atoms with Crippen molar-refractivity contribution in [3.8, 4) is 0 Å². The highest BCUT2D eigenvalue weighted by Gasteiger charge is 2.34. The first kappa shape index (κ1) is 18.7. The van der Waals surface area contributed by atoms with Crippen molar-refractivity contribution in [1.29, 1.82) is 0 Å². The topological polar surface area (TPSA) is 72.9 Å². The number of hydrogen-bond acceptors (Lipinski definition) is 5. The van der Waals surface area contributed by atoms with Gasteiger partial charge in [0.05, 0.1) is 18.1 Å². The molecule has 1 aliphatic heterocycles. The Bertz CT molecular complexity index is 681. The van der Waals surface area contributed by atoms with Crippen LogP contribution in [0, 0.1) is 5.82 Å². The predicted molar refractivity (Wildman–Crippen MR) is 86.0 cm³/mol. The van der Waals surface area contributed by atoms with Gasteiger partial charge < -0.3 is 14.4 Å². The van der Waals surface area contributed by atoms with Crippen molar-refractivity contribution in [3.63, 3.8) is 0 Å². The van der Waals surface area contributed by atoms with Crippen LogP contribution < -0.4 is 0 Å². The lowest BCUT2D eigenvalue weighted by Crippen LogP contribution is -2.43. The number of benzene rings is 1. The van der Waals surface area contributed by atoms with E-state index in [2.05, 4.69) is 0 Å². The fourth-order valence-corrected chi connectivity index (χ4v) is 3.83. The molecule has 0 spiro atoms. The van der Waals surface area contributed by atoms with Crippen LogP contribution >= 0.6 is 0 Å². The number of halogens is 1. The van der Waals surface area contributed by atoms with Crippen LogP contribution in [-0.4, -0.2) is 56.6 Å². The number of amides is 1. The molecule has 8 heteroatoms. The van der Waals surface area contributed by atoms with Crippen molar-refractivity contribution in [2.75, 3.05) is 26.3 Å². The van der Waals surface area contributed by atoms with Crippen LogP contribution in [0.25, 0.3) is 0 Å². The van der Waals surface area contributed by atoms with Crippen LogP contribution in [0.5, 0.6) is 0 Å². The Morgan fingerprint density at radius 1 is 1.29 bits per heavy atom. The zero-order valence-electron chi connectivity index (χ0n) is 14.0. The van der Waals surface area contributed by atoms with E-state index in [1.54, 1.807) is 20.8 Å². The minimum atomic E-state index is -3.75. The minimum Gasteiger partial charge on any atom is -0.444 e. The Balaban J connectivity index is 2.20. The normalized spacial score (nSPS) is 19.7. The summed E-state index contributed by atoms with van der Waals surface area (Å²) >= 11 is 0. The average Bonchev–Trinajstić information content (AvgIpc) is 2.72. The third-order valence-corrected chi connectivity index (χ3v) is 5.56. The lowest BCUT2D eigenvalue weighted by atomic mass is 10.2. The summed E-state index contributed by atoms with van der Waals surface area (Å²) in [6, 6.07) is 4.62. The van der Waals surface area contributed by atoms with Crippen molar-refractivity contribution in [1.82, 2.24) is 4.90 Å². The monoisotopic (exact) mass is 359 g/mol. The zero-order valence-corrected chi connectivity index (χ0v) is 14.8. The van der Waals surface area contributed by atoms with E-state index in [-0.39, 0.29) is 31.2 Å². The van der Waals surface area contributed by atoms with Crippen molar-refractivity contribution in [2.24, 2.45) is 0 Å². The van der Waals surface area contributed by atoms with Gasteiger partial charge in [0, 0.05) is 13.1 Å². The van der Waals surface area contributed by atoms with Gasteiger partial charge in [-0.2, -0.15) is 0 Å². The molecule has 1 aromatic rings. The van der Waals surface area contributed by atoms with E-state index in [4.69, 9.17) is 9.47 Å². The van der Waals surface area contributed by atoms with E-state index in [1.165, 1.54) is 17.0 Å². The third-order valence-electron chi connectivity index (χ3n) is 3.47. The Morgan fingerprint density at radius 2 is 1.92 bits per heavy atom. The average molecular weight is 359 g/mol. The van der Waals surface area contributed by atoms with Gasteiger partial charge in [0.2, 0.25) is 0 Å². The molecule has 6 nitrogen and oxygen atoms in total. The molecule has 1 aliphatic rings. The van der Waals surface area contributed by atoms with Crippen molar-refractivity contribution >= 4 is 15.9 Å². The molecule has 24 heavy (non-hydrogen) atoms. The molecule has 1 amide bonds. The molecule has 1 fully saturated rings. The highest BCUT2D eigenvalue weighted by atomic mass is 32.2. The van der Waals surface area contributed by atoms with Crippen molar-refractivity contribution < 1.29 is 27.1 Å². The van der Waals surface area contributed by atoms with Crippen LogP contribution in [0.1, 0.15) is 20.8 Å². The Morgan fingerprint density at radius 3 is 2.50 bits per heavy atom. The molecule has 134 valence electrons. The molecule has 0 saturated carbocycles. The smallest absolute Gasteiger partial charge is 0.410 e. The van der Waals surface area contributed by atoms with Gasteiger partial charge in [-0.3, -0.25) is 0 Å². The number of nitrogens with zero attached hydrogens (tertiary/aromatic N) is 1. The minimum absolute atomic E-state index is 0.00328. The summed E-state index contributed by atoms with van der Waals surface area (Å²) < 4.78 is 49.1. The molecule has 0 N–H and O–H groups in total. The van der Waals surface area contributed by atoms with Gasteiger partial charge in [-0.1, -0.05) is 0 Å². The standard InChI is InChI=1S/C16H22FNO5S/c1-16(2,3)23-15(19)18-8-9-22-11-14(10-18)24(20,21)13-6-4-12(17)5-7-13/h4-7,14H,8-11H2,1-3H3/t14-/m1/s1. The first-order valence-corrected chi connectivity index (χ1v) is 9.19. The molecule has 0 aromatic heterocycles. The first-order valence-electron chi connectivity index (χ1n) is 7.65. The molecule has 0 unspecified atom stereocenters. The van der Waals surface area contributed by atoms with Gasteiger partial charge in [-0.05, 0) is 45.0 Å². The number of carbonyl (C=O) groups excluding carboxylic acids is 1. The van der Waals surface area contributed by atoms with Crippen molar-refractivity contribution in [3.05, 3.63) is 30.1 Å². The molecule has 0 radical (unpaired) electrons. The third kappa shape index (κ3) is 4.67. The zero-order chi connectivity index (χ0) is 18.0. The molecule has 2 rings (SSSR count). The fourth-order valence-electron chi connectivity index (χ4n) is 2.28. The fraction of sp³-hybridized carbons (Fsp3) is 0.562. The van der Waals surface area contributed by atoms with Crippen LogP contribution in [0.15, 0.2) is 29.2 Å². The Labute approximate surface area is 141 Å². The maximum absolute atomic E-state index is 13.0.